The van der Waals surface area contributed by atoms with Crippen molar-refractivity contribution >= 4 is 5.78 Å². The lowest BCUT2D eigenvalue weighted by Gasteiger charge is -2.37. The lowest BCUT2D eigenvalue weighted by Crippen LogP contribution is -2.34. The summed E-state index contributed by atoms with van der Waals surface area (Å²) in [5.74, 6) is -2.35. The minimum absolute atomic E-state index is 0.0828. The molecule has 1 aromatic carbocycles. The van der Waals surface area contributed by atoms with Crippen molar-refractivity contribution in [3.8, 4) is 5.75 Å². The summed E-state index contributed by atoms with van der Waals surface area (Å²) in [7, 11) is 1.33. The van der Waals surface area contributed by atoms with E-state index in [1.807, 2.05) is 13.8 Å². The summed E-state index contributed by atoms with van der Waals surface area (Å²) < 4.78 is 32.8. The van der Waals surface area contributed by atoms with Gasteiger partial charge >= 0.3 is 0 Å². The number of ketones is 1. The van der Waals surface area contributed by atoms with Crippen molar-refractivity contribution in [3.05, 3.63) is 29.3 Å². The van der Waals surface area contributed by atoms with E-state index in [9.17, 15) is 13.6 Å². The Morgan fingerprint density at radius 1 is 1.25 bits per heavy atom. The summed E-state index contributed by atoms with van der Waals surface area (Å²) in [6.45, 7) is 3.99. The minimum Gasteiger partial charge on any atom is -0.497 e. The first-order valence-electron chi connectivity index (χ1n) is 6.94. The largest absolute Gasteiger partial charge is 0.497 e. The van der Waals surface area contributed by atoms with Crippen LogP contribution in [0.3, 0.4) is 0 Å². The Bertz CT molecular complexity index is 500. The number of hydrogen-bond acceptors (Lipinski definition) is 2. The van der Waals surface area contributed by atoms with E-state index in [2.05, 4.69) is 0 Å². The fourth-order valence-corrected chi connectivity index (χ4v) is 3.06. The molecule has 1 fully saturated rings. The Kier molecular flexibility index (Phi) is 4.11. The van der Waals surface area contributed by atoms with Gasteiger partial charge in [0.2, 0.25) is 0 Å². The maximum absolute atomic E-state index is 14.0. The van der Waals surface area contributed by atoms with Crippen LogP contribution in [0.2, 0.25) is 0 Å². The zero-order valence-electron chi connectivity index (χ0n) is 12.1. The number of Topliss-reactive ketones (excluding diaryl/α,β-unsaturated/α-hetero) is 1. The molecule has 2 rings (SSSR count). The van der Waals surface area contributed by atoms with Gasteiger partial charge in [0.15, 0.2) is 5.78 Å². The van der Waals surface area contributed by atoms with Gasteiger partial charge in [-0.3, -0.25) is 4.79 Å². The Balaban J connectivity index is 2.38. The maximum Gasteiger partial charge on any atom is 0.172 e. The molecule has 1 unspecified atom stereocenters. The van der Waals surface area contributed by atoms with E-state index in [-0.39, 0.29) is 17.1 Å². The molecule has 0 bridgehead atoms. The van der Waals surface area contributed by atoms with Crippen LogP contribution >= 0.6 is 0 Å². The normalized spacial score (nSPS) is 21.6. The molecule has 2 nitrogen and oxygen atoms in total. The zero-order chi connectivity index (χ0) is 14.9. The Labute approximate surface area is 118 Å². The quantitative estimate of drug-likeness (QED) is 0.769. The number of halogens is 2. The van der Waals surface area contributed by atoms with E-state index in [0.29, 0.717) is 6.42 Å². The van der Waals surface area contributed by atoms with Crippen molar-refractivity contribution in [2.45, 2.75) is 39.5 Å². The standard InChI is InChI=1S/C16H20F2O2/c1-16(2)7-5-4-6-11(16)15(19)14-12(17)8-10(20-3)9-13(14)18/h8-9,11H,4-7H2,1-3H3. The first-order valence-corrected chi connectivity index (χ1v) is 6.94. The van der Waals surface area contributed by atoms with E-state index >= 15 is 0 Å². The van der Waals surface area contributed by atoms with Crippen molar-refractivity contribution in [3.63, 3.8) is 0 Å². The van der Waals surface area contributed by atoms with Crippen molar-refractivity contribution in [2.24, 2.45) is 11.3 Å². The molecule has 0 aromatic heterocycles. The van der Waals surface area contributed by atoms with E-state index in [1.165, 1.54) is 7.11 Å². The van der Waals surface area contributed by atoms with Crippen LogP contribution in [0.1, 0.15) is 49.9 Å². The average Bonchev–Trinajstić information content (AvgIpc) is 2.36. The second kappa shape index (κ2) is 5.51. The minimum atomic E-state index is -0.840. The van der Waals surface area contributed by atoms with Crippen LogP contribution in [-0.4, -0.2) is 12.9 Å². The number of hydrogen-bond donors (Lipinski definition) is 0. The molecule has 0 heterocycles. The molecule has 0 amide bonds. The van der Waals surface area contributed by atoms with Crippen molar-refractivity contribution in [1.82, 2.24) is 0 Å². The third-order valence-corrected chi connectivity index (χ3v) is 4.32. The summed E-state index contributed by atoms with van der Waals surface area (Å²) in [5.41, 5.74) is -0.639. The Hall–Kier alpha value is -1.45. The third kappa shape index (κ3) is 2.69. The van der Waals surface area contributed by atoms with Gasteiger partial charge in [0.25, 0.3) is 0 Å². The van der Waals surface area contributed by atoms with Gasteiger partial charge in [-0.15, -0.1) is 0 Å². The van der Waals surface area contributed by atoms with Gasteiger partial charge in [-0.1, -0.05) is 26.7 Å². The monoisotopic (exact) mass is 282 g/mol. The molecular formula is C16H20F2O2. The van der Waals surface area contributed by atoms with Crippen molar-refractivity contribution in [1.29, 1.82) is 0 Å². The van der Waals surface area contributed by atoms with E-state index in [1.54, 1.807) is 0 Å². The van der Waals surface area contributed by atoms with Gasteiger partial charge in [0.1, 0.15) is 17.4 Å². The summed E-state index contributed by atoms with van der Waals surface area (Å²) in [6.07, 6.45) is 3.59. The first kappa shape index (κ1) is 14.9. The van der Waals surface area contributed by atoms with Gasteiger partial charge in [-0.05, 0) is 18.3 Å². The van der Waals surface area contributed by atoms with Crippen LogP contribution in [0.25, 0.3) is 0 Å². The van der Waals surface area contributed by atoms with Crippen LogP contribution in [-0.2, 0) is 0 Å². The predicted octanol–water partition coefficient (Wildman–Crippen LogP) is 4.37. The highest BCUT2D eigenvalue weighted by Crippen LogP contribution is 2.42. The van der Waals surface area contributed by atoms with E-state index in [0.717, 1.165) is 31.4 Å². The van der Waals surface area contributed by atoms with Gasteiger partial charge in [-0.25, -0.2) is 8.78 Å². The molecule has 0 N–H and O–H groups in total. The molecule has 1 aliphatic carbocycles. The van der Waals surface area contributed by atoms with Gasteiger partial charge in [-0.2, -0.15) is 0 Å². The summed E-state index contributed by atoms with van der Waals surface area (Å²) in [6, 6.07) is 2.12. The Morgan fingerprint density at radius 3 is 2.35 bits per heavy atom. The highest BCUT2D eigenvalue weighted by atomic mass is 19.1. The van der Waals surface area contributed by atoms with Crippen molar-refractivity contribution in [2.75, 3.05) is 7.11 Å². The first-order chi connectivity index (χ1) is 9.36. The van der Waals surface area contributed by atoms with Crippen LogP contribution in [0.5, 0.6) is 5.75 Å². The molecule has 110 valence electrons. The fraction of sp³-hybridized carbons (Fsp3) is 0.562. The number of ether oxygens (including phenoxy) is 1. The second-order valence-corrected chi connectivity index (χ2v) is 6.12. The molecule has 0 radical (unpaired) electrons. The molecular weight excluding hydrogens is 262 g/mol. The predicted molar refractivity (Wildman–Crippen MR) is 73.0 cm³/mol. The lowest BCUT2D eigenvalue weighted by atomic mass is 9.66. The molecule has 0 saturated heterocycles. The SMILES string of the molecule is COc1cc(F)c(C(=O)C2CCCCC2(C)C)c(F)c1. The molecule has 1 saturated carbocycles. The number of benzene rings is 1. The third-order valence-electron chi connectivity index (χ3n) is 4.32. The van der Waals surface area contributed by atoms with Crippen LogP contribution in [0, 0.1) is 23.0 Å². The highest BCUT2D eigenvalue weighted by Gasteiger charge is 2.39. The number of rotatable bonds is 3. The maximum atomic E-state index is 14.0. The van der Waals surface area contributed by atoms with Crippen LogP contribution in [0.4, 0.5) is 8.78 Å². The van der Waals surface area contributed by atoms with E-state index < -0.39 is 23.0 Å². The van der Waals surface area contributed by atoms with E-state index in [4.69, 9.17) is 4.74 Å². The molecule has 0 spiro atoms. The molecule has 1 atom stereocenters. The summed E-state index contributed by atoms with van der Waals surface area (Å²) in [4.78, 5) is 12.5. The molecule has 20 heavy (non-hydrogen) atoms. The van der Waals surface area contributed by atoms with Gasteiger partial charge in [0.05, 0.1) is 12.7 Å². The molecule has 4 heteroatoms. The summed E-state index contributed by atoms with van der Waals surface area (Å²) >= 11 is 0. The molecule has 1 aromatic rings. The van der Waals surface area contributed by atoms with Crippen LogP contribution < -0.4 is 4.74 Å². The lowest BCUT2D eigenvalue weighted by molar-refractivity contribution is 0.0688. The molecule has 0 aliphatic heterocycles. The topological polar surface area (TPSA) is 26.3 Å². The number of methoxy groups -OCH3 is 1. The highest BCUT2D eigenvalue weighted by molar-refractivity contribution is 5.99. The van der Waals surface area contributed by atoms with Gasteiger partial charge in [0, 0.05) is 18.1 Å². The smallest absolute Gasteiger partial charge is 0.172 e. The Morgan fingerprint density at radius 2 is 1.85 bits per heavy atom. The van der Waals surface area contributed by atoms with Crippen molar-refractivity contribution < 1.29 is 18.3 Å². The second-order valence-electron chi connectivity index (χ2n) is 6.12. The van der Waals surface area contributed by atoms with Gasteiger partial charge < -0.3 is 4.74 Å². The average molecular weight is 282 g/mol. The number of carbonyl (C=O) groups excluding carboxylic acids is 1. The molecule has 1 aliphatic rings. The summed E-state index contributed by atoms with van der Waals surface area (Å²) in [5, 5.41) is 0. The number of carbonyl (C=O) groups is 1. The zero-order valence-corrected chi connectivity index (χ0v) is 12.1. The van der Waals surface area contributed by atoms with Crippen LogP contribution in [0.15, 0.2) is 12.1 Å². The fourth-order valence-electron chi connectivity index (χ4n) is 3.06.